The van der Waals surface area contributed by atoms with Crippen LogP contribution in [0.15, 0.2) is 217 Å². The summed E-state index contributed by atoms with van der Waals surface area (Å²) in [5.41, 5.74) is 9.80. The zero-order chi connectivity index (χ0) is 37.0. The van der Waals surface area contributed by atoms with Crippen LogP contribution in [0.5, 0.6) is 0 Å². The van der Waals surface area contributed by atoms with Crippen molar-refractivity contribution in [3.63, 3.8) is 0 Å². The van der Waals surface area contributed by atoms with E-state index in [9.17, 15) is 0 Å². The molecule has 11 rings (SSSR count). The number of benzene rings is 10. The summed E-state index contributed by atoms with van der Waals surface area (Å²) in [7, 11) is 0. The smallest absolute Gasteiger partial charge is 0.143 e. The first-order valence-electron chi connectivity index (χ1n) is 19.2. The highest BCUT2D eigenvalue weighted by molar-refractivity contribution is 6.10. The first kappa shape index (κ1) is 32.0. The third-order valence-corrected chi connectivity index (χ3v) is 11.2. The summed E-state index contributed by atoms with van der Waals surface area (Å²) in [6, 6.07) is 76.4. The summed E-state index contributed by atoms with van der Waals surface area (Å²) in [5, 5.41) is 11.1. The normalized spacial score (nSPS) is 11.6. The Balaban J connectivity index is 1.02. The standard InChI is InChI=1S/C54H35NO/c1-2-13-39(14-3-1)53-51-19-8-9-20-52(51)56-54(53)43-16-10-15-40(33-43)36-25-27-44(28-26-36)55(45-29-31-49-41(34-45)23-21-37-11-4-6-17-47(37)49)46-30-32-50-42(35-46)24-22-38-12-5-7-18-48(38)50/h1-35H. The molecule has 0 saturated heterocycles. The molecule has 0 saturated carbocycles. The van der Waals surface area contributed by atoms with Crippen LogP contribution in [-0.2, 0) is 0 Å². The molecule has 0 fully saturated rings. The van der Waals surface area contributed by atoms with E-state index in [1.165, 1.54) is 43.1 Å². The van der Waals surface area contributed by atoms with Gasteiger partial charge in [0.25, 0.3) is 0 Å². The van der Waals surface area contributed by atoms with E-state index in [-0.39, 0.29) is 0 Å². The second-order valence-corrected chi connectivity index (χ2v) is 14.5. The monoisotopic (exact) mass is 713 g/mol. The molecule has 0 bridgehead atoms. The van der Waals surface area contributed by atoms with Gasteiger partial charge in [-0.15, -0.1) is 0 Å². The van der Waals surface area contributed by atoms with Crippen LogP contribution in [0.4, 0.5) is 17.1 Å². The van der Waals surface area contributed by atoms with E-state index in [1.807, 2.05) is 6.07 Å². The van der Waals surface area contributed by atoms with Crippen molar-refractivity contribution in [1.29, 1.82) is 0 Å². The molecule has 2 heteroatoms. The number of para-hydroxylation sites is 1. The molecule has 0 radical (unpaired) electrons. The van der Waals surface area contributed by atoms with Crippen molar-refractivity contribution in [3.8, 4) is 33.6 Å². The Bertz CT molecular complexity index is 3130. The van der Waals surface area contributed by atoms with Crippen molar-refractivity contribution in [2.24, 2.45) is 0 Å². The fourth-order valence-corrected chi connectivity index (χ4v) is 8.51. The zero-order valence-electron chi connectivity index (χ0n) is 30.6. The summed E-state index contributed by atoms with van der Waals surface area (Å²) in [4.78, 5) is 2.38. The van der Waals surface area contributed by atoms with Gasteiger partial charge in [0.1, 0.15) is 11.3 Å². The quantitative estimate of drug-likeness (QED) is 0.160. The van der Waals surface area contributed by atoms with Crippen molar-refractivity contribution in [2.45, 2.75) is 0 Å². The molecule has 0 unspecified atom stereocenters. The Labute approximate surface area is 325 Å². The highest BCUT2D eigenvalue weighted by Crippen LogP contribution is 2.43. The third kappa shape index (κ3) is 5.42. The number of hydrogen-bond acceptors (Lipinski definition) is 2. The van der Waals surface area contributed by atoms with Gasteiger partial charge < -0.3 is 9.32 Å². The van der Waals surface area contributed by atoms with Gasteiger partial charge in [0.2, 0.25) is 0 Å². The molecule has 0 aliphatic rings. The second-order valence-electron chi connectivity index (χ2n) is 14.5. The number of nitrogens with zero attached hydrogens (tertiary/aromatic N) is 1. The van der Waals surface area contributed by atoms with Gasteiger partial charge in [-0.3, -0.25) is 0 Å². The summed E-state index contributed by atoms with van der Waals surface area (Å²) in [5.74, 6) is 0.884. The van der Waals surface area contributed by atoms with Crippen molar-refractivity contribution in [2.75, 3.05) is 4.90 Å². The second kappa shape index (κ2) is 13.2. The van der Waals surface area contributed by atoms with Crippen molar-refractivity contribution < 1.29 is 4.42 Å². The van der Waals surface area contributed by atoms with E-state index in [2.05, 4.69) is 211 Å². The topological polar surface area (TPSA) is 16.4 Å². The van der Waals surface area contributed by atoms with Crippen molar-refractivity contribution in [1.82, 2.24) is 0 Å². The molecule has 1 aromatic heterocycles. The van der Waals surface area contributed by atoms with E-state index in [0.29, 0.717) is 0 Å². The SMILES string of the molecule is c1ccc(-c2c(-c3cccc(-c4ccc(N(c5ccc6c(ccc7ccccc76)c5)c5ccc6c(ccc7ccccc76)c5)cc4)c3)oc3ccccc23)cc1. The summed E-state index contributed by atoms with van der Waals surface area (Å²) < 4.78 is 6.58. The Hall–Kier alpha value is -7.42. The Morgan fingerprint density at radius 1 is 0.286 bits per heavy atom. The number of anilines is 3. The molecule has 11 aromatic rings. The van der Waals surface area contributed by atoms with Gasteiger partial charge in [-0.2, -0.15) is 0 Å². The van der Waals surface area contributed by atoms with E-state index in [1.54, 1.807) is 0 Å². The van der Waals surface area contributed by atoms with Crippen LogP contribution in [0.2, 0.25) is 0 Å². The Kier molecular flexibility index (Phi) is 7.53. The van der Waals surface area contributed by atoms with Gasteiger partial charge >= 0.3 is 0 Å². The third-order valence-electron chi connectivity index (χ3n) is 11.2. The number of fused-ring (bicyclic) bond motifs is 7. The average molecular weight is 714 g/mol. The van der Waals surface area contributed by atoms with Crippen molar-refractivity contribution >= 4 is 71.1 Å². The van der Waals surface area contributed by atoms with E-state index < -0.39 is 0 Å². The summed E-state index contributed by atoms with van der Waals surface area (Å²) in [6.45, 7) is 0. The number of furan rings is 1. The minimum absolute atomic E-state index is 0.884. The largest absolute Gasteiger partial charge is 0.455 e. The maximum absolute atomic E-state index is 6.58. The molecule has 0 aliphatic carbocycles. The molecule has 0 atom stereocenters. The molecule has 2 nitrogen and oxygen atoms in total. The van der Waals surface area contributed by atoms with Crippen LogP contribution in [0, 0.1) is 0 Å². The van der Waals surface area contributed by atoms with Gasteiger partial charge in [0, 0.05) is 33.6 Å². The average Bonchev–Trinajstić information content (AvgIpc) is 3.67. The zero-order valence-corrected chi connectivity index (χ0v) is 30.6. The van der Waals surface area contributed by atoms with Gasteiger partial charge in [0.05, 0.1) is 0 Å². The van der Waals surface area contributed by atoms with Gasteiger partial charge in [-0.1, -0.05) is 164 Å². The first-order valence-corrected chi connectivity index (χ1v) is 19.2. The highest BCUT2D eigenvalue weighted by Gasteiger charge is 2.19. The van der Waals surface area contributed by atoms with Crippen LogP contribution < -0.4 is 4.90 Å². The van der Waals surface area contributed by atoms with Crippen LogP contribution >= 0.6 is 0 Å². The molecule has 0 spiro atoms. The number of hydrogen-bond donors (Lipinski definition) is 0. The fraction of sp³-hybridized carbons (Fsp3) is 0. The van der Waals surface area contributed by atoms with E-state index in [0.717, 1.165) is 61.6 Å². The minimum Gasteiger partial charge on any atom is -0.455 e. The van der Waals surface area contributed by atoms with E-state index in [4.69, 9.17) is 4.42 Å². The predicted octanol–water partition coefficient (Wildman–Crippen LogP) is 15.5. The molecule has 10 aromatic carbocycles. The molecule has 0 amide bonds. The highest BCUT2D eigenvalue weighted by atomic mass is 16.3. The Morgan fingerprint density at radius 3 is 1.45 bits per heavy atom. The molecule has 0 N–H and O–H groups in total. The van der Waals surface area contributed by atoms with Crippen LogP contribution in [0.1, 0.15) is 0 Å². The predicted molar refractivity (Wildman–Crippen MR) is 237 cm³/mol. The van der Waals surface area contributed by atoms with Crippen LogP contribution in [0.25, 0.3) is 87.6 Å². The van der Waals surface area contributed by atoms with Crippen molar-refractivity contribution in [3.05, 3.63) is 212 Å². The maximum atomic E-state index is 6.58. The van der Waals surface area contributed by atoms with Gasteiger partial charge in [0.15, 0.2) is 0 Å². The lowest BCUT2D eigenvalue weighted by atomic mass is 9.96. The molecular formula is C54H35NO. The van der Waals surface area contributed by atoms with E-state index >= 15 is 0 Å². The molecule has 0 aliphatic heterocycles. The number of rotatable bonds is 6. The fourth-order valence-electron chi connectivity index (χ4n) is 8.51. The molecule has 262 valence electrons. The lowest BCUT2D eigenvalue weighted by Crippen LogP contribution is -2.10. The minimum atomic E-state index is 0.884. The van der Waals surface area contributed by atoms with Gasteiger partial charge in [-0.05, 0) is 108 Å². The molecule has 1 heterocycles. The summed E-state index contributed by atoms with van der Waals surface area (Å²) >= 11 is 0. The first-order chi connectivity index (χ1) is 27.7. The van der Waals surface area contributed by atoms with Crippen LogP contribution in [-0.4, -0.2) is 0 Å². The summed E-state index contributed by atoms with van der Waals surface area (Å²) in [6.07, 6.45) is 0. The Morgan fingerprint density at radius 2 is 0.786 bits per heavy atom. The molecule has 56 heavy (non-hydrogen) atoms. The molecular weight excluding hydrogens is 679 g/mol. The lowest BCUT2D eigenvalue weighted by molar-refractivity contribution is 0.632. The lowest BCUT2D eigenvalue weighted by Gasteiger charge is -2.26. The van der Waals surface area contributed by atoms with Gasteiger partial charge in [-0.25, -0.2) is 0 Å². The maximum Gasteiger partial charge on any atom is 0.143 e. The van der Waals surface area contributed by atoms with Crippen LogP contribution in [0.3, 0.4) is 0 Å².